The van der Waals surface area contributed by atoms with E-state index < -0.39 is 17.3 Å². The highest BCUT2D eigenvalue weighted by atomic mass is 35.5. The van der Waals surface area contributed by atoms with Gasteiger partial charge in [0.05, 0.1) is 50.0 Å². The standard InChI is InChI=1S/C27H30ClFN6O5/c1-38-24-7-18(20(29)11-33-24)21(30)8-22(31)26(37)35-5-2-15(9-27(35)3-4-27)25(36)34-12-23-19(28)6-16(10-32-23)40-17-13-39-14-17/h6-8,10-11,15,17,31H,2-5,9,12-14,30H2,1H3,(H,34,36)/b21-8-,31-22?/t15-/m0/s1. The zero-order valence-corrected chi connectivity index (χ0v) is 22.7. The van der Waals surface area contributed by atoms with Crippen LogP contribution in [0.25, 0.3) is 5.70 Å². The molecule has 4 heterocycles. The molecule has 2 aliphatic heterocycles. The number of nitrogens with zero attached hydrogens (tertiary/aromatic N) is 3. The Kier molecular flexibility index (Phi) is 7.90. The number of rotatable bonds is 9. The third-order valence-corrected chi connectivity index (χ3v) is 7.78. The molecule has 3 fully saturated rings. The largest absolute Gasteiger partial charge is 0.484 e. The maximum atomic E-state index is 14.2. The van der Waals surface area contributed by atoms with Gasteiger partial charge in [0.15, 0.2) is 5.82 Å². The number of pyridine rings is 2. The first-order chi connectivity index (χ1) is 19.2. The van der Waals surface area contributed by atoms with Crippen molar-refractivity contribution in [3.63, 3.8) is 0 Å². The normalized spacial score (nSPS) is 20.0. The molecule has 13 heteroatoms. The van der Waals surface area contributed by atoms with Crippen LogP contribution in [0.3, 0.4) is 0 Å². The van der Waals surface area contributed by atoms with Crippen LogP contribution in [0.4, 0.5) is 4.39 Å². The summed E-state index contributed by atoms with van der Waals surface area (Å²) in [6.07, 6.45) is 6.10. The molecule has 1 saturated carbocycles. The van der Waals surface area contributed by atoms with Crippen LogP contribution < -0.4 is 20.5 Å². The molecule has 0 unspecified atom stereocenters. The van der Waals surface area contributed by atoms with Gasteiger partial charge in [0, 0.05) is 41.4 Å². The topological polar surface area (TPSA) is 153 Å². The van der Waals surface area contributed by atoms with Crippen LogP contribution in [-0.2, 0) is 20.9 Å². The van der Waals surface area contributed by atoms with Gasteiger partial charge in [0.25, 0.3) is 5.91 Å². The quantitative estimate of drug-likeness (QED) is 0.387. The Hall–Kier alpha value is -3.77. The minimum Gasteiger partial charge on any atom is -0.484 e. The number of aromatic nitrogens is 2. The summed E-state index contributed by atoms with van der Waals surface area (Å²) in [6, 6.07) is 2.98. The number of hydrogen-bond donors (Lipinski definition) is 3. The van der Waals surface area contributed by atoms with E-state index in [4.69, 9.17) is 37.0 Å². The number of carbonyl (C=O) groups is 2. The van der Waals surface area contributed by atoms with E-state index in [0.29, 0.717) is 49.1 Å². The van der Waals surface area contributed by atoms with Crippen LogP contribution in [0.2, 0.25) is 5.02 Å². The average Bonchev–Trinajstić information content (AvgIpc) is 3.68. The van der Waals surface area contributed by atoms with Gasteiger partial charge in [0.2, 0.25) is 11.8 Å². The SMILES string of the molecule is COc1cc(/C(N)=C/C(=N)C(=O)N2CC[C@H](C(=O)NCc3ncc(OC4COC4)cc3Cl)CC23CC3)c(F)cn1. The number of hydrogen-bond acceptors (Lipinski definition) is 9. The number of piperidine rings is 1. The molecule has 0 bridgehead atoms. The van der Waals surface area contributed by atoms with E-state index in [-0.39, 0.29) is 47.3 Å². The molecule has 4 N–H and O–H groups in total. The van der Waals surface area contributed by atoms with Crippen molar-refractivity contribution in [3.8, 4) is 11.6 Å². The van der Waals surface area contributed by atoms with Gasteiger partial charge in [-0.3, -0.25) is 20.0 Å². The van der Waals surface area contributed by atoms with Gasteiger partial charge in [-0.05, 0) is 31.8 Å². The second-order valence-electron chi connectivity index (χ2n) is 10.2. The summed E-state index contributed by atoms with van der Waals surface area (Å²) in [5.74, 6) is -0.915. The maximum Gasteiger partial charge on any atom is 0.272 e. The molecule has 2 saturated heterocycles. The number of nitrogens with two attached hydrogens (primary N) is 1. The average molecular weight is 573 g/mol. The van der Waals surface area contributed by atoms with E-state index in [2.05, 4.69) is 15.3 Å². The van der Waals surface area contributed by atoms with Gasteiger partial charge in [-0.1, -0.05) is 11.6 Å². The van der Waals surface area contributed by atoms with Gasteiger partial charge < -0.3 is 30.2 Å². The van der Waals surface area contributed by atoms with Crippen molar-refractivity contribution in [2.24, 2.45) is 11.7 Å². The first-order valence-electron chi connectivity index (χ1n) is 12.9. The summed E-state index contributed by atoms with van der Waals surface area (Å²) in [4.78, 5) is 36.0. The molecule has 1 atom stereocenters. The lowest BCUT2D eigenvalue weighted by atomic mass is 9.87. The summed E-state index contributed by atoms with van der Waals surface area (Å²) < 4.78 is 30.0. The van der Waals surface area contributed by atoms with Crippen LogP contribution in [0.15, 0.2) is 30.6 Å². The third kappa shape index (κ3) is 5.87. The van der Waals surface area contributed by atoms with Crippen molar-refractivity contribution in [3.05, 3.63) is 52.7 Å². The molecule has 212 valence electrons. The lowest BCUT2D eigenvalue weighted by molar-refractivity contribution is -0.135. The minimum absolute atomic E-state index is 0.00143. The number of carbonyl (C=O) groups excluding carboxylic acids is 2. The predicted molar refractivity (Wildman–Crippen MR) is 143 cm³/mol. The Morgan fingerprint density at radius 2 is 2.10 bits per heavy atom. The monoisotopic (exact) mass is 572 g/mol. The molecule has 2 amide bonds. The highest BCUT2D eigenvalue weighted by molar-refractivity contribution is 6.43. The minimum atomic E-state index is -0.690. The van der Waals surface area contributed by atoms with Gasteiger partial charge in [-0.15, -0.1) is 0 Å². The van der Waals surface area contributed by atoms with E-state index in [1.54, 1.807) is 17.2 Å². The van der Waals surface area contributed by atoms with Crippen LogP contribution in [-0.4, -0.2) is 70.9 Å². The number of methoxy groups -OCH3 is 1. The van der Waals surface area contributed by atoms with Crippen molar-refractivity contribution in [1.82, 2.24) is 20.2 Å². The molecule has 0 aromatic carbocycles. The number of likely N-dealkylation sites (tertiary alicyclic amines) is 1. The second-order valence-corrected chi connectivity index (χ2v) is 10.6. The fraction of sp³-hybridized carbons (Fsp3) is 0.444. The zero-order chi connectivity index (χ0) is 28.4. The van der Waals surface area contributed by atoms with Gasteiger partial charge in [0.1, 0.15) is 17.6 Å². The first-order valence-corrected chi connectivity index (χ1v) is 13.3. The third-order valence-electron chi connectivity index (χ3n) is 7.46. The number of amides is 2. The second kappa shape index (κ2) is 11.4. The molecule has 1 spiro atoms. The smallest absolute Gasteiger partial charge is 0.272 e. The van der Waals surface area contributed by atoms with E-state index >= 15 is 0 Å². The Morgan fingerprint density at radius 1 is 1.32 bits per heavy atom. The van der Waals surface area contributed by atoms with Crippen molar-refractivity contribution in [1.29, 1.82) is 5.41 Å². The highest BCUT2D eigenvalue weighted by Crippen LogP contribution is 2.50. The predicted octanol–water partition coefficient (Wildman–Crippen LogP) is 2.46. The van der Waals surface area contributed by atoms with Crippen molar-refractivity contribution in [2.45, 2.75) is 43.9 Å². The molecule has 11 nitrogen and oxygen atoms in total. The molecule has 5 rings (SSSR count). The molecule has 0 radical (unpaired) electrons. The van der Waals surface area contributed by atoms with E-state index in [1.807, 2.05) is 0 Å². The van der Waals surface area contributed by atoms with Gasteiger partial charge in [-0.25, -0.2) is 9.37 Å². The molecule has 2 aromatic heterocycles. The molecular formula is C27H30ClFN6O5. The van der Waals surface area contributed by atoms with Crippen LogP contribution in [0.1, 0.15) is 36.9 Å². The van der Waals surface area contributed by atoms with Crippen molar-refractivity contribution in [2.75, 3.05) is 26.9 Å². The Balaban J connectivity index is 1.17. The summed E-state index contributed by atoms with van der Waals surface area (Å²) in [5.41, 5.74) is 5.61. The molecule has 40 heavy (non-hydrogen) atoms. The fourth-order valence-electron chi connectivity index (χ4n) is 4.98. The molecular weight excluding hydrogens is 543 g/mol. The summed E-state index contributed by atoms with van der Waals surface area (Å²) in [7, 11) is 1.39. The Bertz CT molecular complexity index is 1360. The highest BCUT2D eigenvalue weighted by Gasteiger charge is 2.54. The van der Waals surface area contributed by atoms with E-state index in [9.17, 15) is 14.0 Å². The van der Waals surface area contributed by atoms with Crippen LogP contribution in [0, 0.1) is 17.1 Å². The number of nitrogens with one attached hydrogen (secondary N) is 2. The summed E-state index contributed by atoms with van der Waals surface area (Å²) in [5, 5.41) is 11.6. The molecule has 2 aromatic rings. The summed E-state index contributed by atoms with van der Waals surface area (Å²) in [6.45, 7) is 1.56. The summed E-state index contributed by atoms with van der Waals surface area (Å²) >= 11 is 6.35. The number of ether oxygens (including phenoxy) is 3. The fourth-order valence-corrected chi connectivity index (χ4v) is 5.20. The van der Waals surface area contributed by atoms with Gasteiger partial charge >= 0.3 is 0 Å². The first kappa shape index (κ1) is 27.8. The Morgan fingerprint density at radius 3 is 2.75 bits per heavy atom. The maximum absolute atomic E-state index is 14.2. The van der Waals surface area contributed by atoms with Gasteiger partial charge in [-0.2, -0.15) is 0 Å². The molecule has 1 aliphatic carbocycles. The van der Waals surface area contributed by atoms with Crippen LogP contribution in [0.5, 0.6) is 11.6 Å². The van der Waals surface area contributed by atoms with E-state index in [0.717, 1.165) is 25.1 Å². The Labute approximate surface area is 235 Å². The van der Waals surface area contributed by atoms with Crippen LogP contribution >= 0.6 is 11.6 Å². The van der Waals surface area contributed by atoms with E-state index in [1.165, 1.54) is 13.2 Å². The lowest BCUT2D eigenvalue weighted by Crippen LogP contribution is -2.52. The van der Waals surface area contributed by atoms with Crippen molar-refractivity contribution >= 4 is 34.8 Å². The van der Waals surface area contributed by atoms with Crippen molar-refractivity contribution < 1.29 is 28.2 Å². The number of halogens is 2. The lowest BCUT2D eigenvalue weighted by Gasteiger charge is -2.39. The zero-order valence-electron chi connectivity index (χ0n) is 21.9. The molecule has 3 aliphatic rings.